The molecule has 96 valence electrons. The molecule has 0 aliphatic heterocycles. The molecule has 1 aliphatic carbocycles. The molecule has 1 aromatic heterocycles. The van der Waals surface area contributed by atoms with E-state index in [1.54, 1.807) is 0 Å². The number of aryl methyl sites for hydroxylation is 2. The summed E-state index contributed by atoms with van der Waals surface area (Å²) in [6.45, 7) is 5.44. The third kappa shape index (κ3) is 3.09. The minimum Gasteiger partial charge on any atom is -0.314 e. The molecule has 0 unspecified atom stereocenters. The molecule has 0 spiro atoms. The fraction of sp³-hybridized carbons (Fsp3) is 0.786. The quantitative estimate of drug-likeness (QED) is 0.795. The van der Waals surface area contributed by atoms with Crippen LogP contribution in [0.2, 0.25) is 0 Å². The van der Waals surface area contributed by atoms with E-state index in [9.17, 15) is 0 Å². The van der Waals surface area contributed by atoms with E-state index >= 15 is 0 Å². The fourth-order valence-electron chi connectivity index (χ4n) is 2.88. The average Bonchev–Trinajstić information content (AvgIpc) is 2.87. The van der Waals surface area contributed by atoms with Crippen LogP contribution in [0.5, 0.6) is 0 Å². The van der Waals surface area contributed by atoms with E-state index in [1.807, 2.05) is 11.7 Å². The van der Waals surface area contributed by atoms with Crippen molar-refractivity contribution in [3.8, 4) is 0 Å². The van der Waals surface area contributed by atoms with Gasteiger partial charge < -0.3 is 5.32 Å². The highest BCUT2D eigenvalue weighted by molar-refractivity contribution is 5.24. The van der Waals surface area contributed by atoms with Crippen molar-refractivity contribution in [2.24, 2.45) is 7.05 Å². The molecule has 0 atom stereocenters. The molecule has 1 aliphatic rings. The molecule has 0 aromatic carbocycles. The second kappa shape index (κ2) is 5.67. The molecule has 3 heteroatoms. The van der Waals surface area contributed by atoms with Crippen LogP contribution in [0.1, 0.15) is 49.1 Å². The van der Waals surface area contributed by atoms with E-state index in [0.717, 1.165) is 19.0 Å². The minimum absolute atomic E-state index is 0.797. The normalized spacial score (nSPS) is 16.9. The van der Waals surface area contributed by atoms with Crippen LogP contribution in [0.15, 0.2) is 0 Å². The first-order chi connectivity index (χ1) is 8.18. The van der Waals surface area contributed by atoms with Gasteiger partial charge in [-0.25, -0.2) is 0 Å². The van der Waals surface area contributed by atoms with Crippen molar-refractivity contribution < 1.29 is 0 Å². The van der Waals surface area contributed by atoms with Gasteiger partial charge in [-0.05, 0) is 51.6 Å². The van der Waals surface area contributed by atoms with E-state index in [-0.39, 0.29) is 0 Å². The molecule has 3 nitrogen and oxygen atoms in total. The zero-order chi connectivity index (χ0) is 12.3. The monoisotopic (exact) mass is 235 g/mol. The zero-order valence-electron chi connectivity index (χ0n) is 11.4. The Morgan fingerprint density at radius 3 is 2.59 bits per heavy atom. The molecule has 0 amide bonds. The van der Waals surface area contributed by atoms with Gasteiger partial charge in [-0.3, -0.25) is 4.68 Å². The maximum absolute atomic E-state index is 4.46. The summed E-state index contributed by atoms with van der Waals surface area (Å²) in [6, 6.07) is 0.797. The molecule has 1 fully saturated rings. The van der Waals surface area contributed by atoms with E-state index in [4.69, 9.17) is 0 Å². The summed E-state index contributed by atoms with van der Waals surface area (Å²) in [6.07, 6.45) is 7.97. The van der Waals surface area contributed by atoms with Crippen molar-refractivity contribution in [3.05, 3.63) is 17.0 Å². The Morgan fingerprint density at radius 2 is 2.00 bits per heavy atom. The second-order valence-electron chi connectivity index (χ2n) is 5.31. The van der Waals surface area contributed by atoms with Crippen molar-refractivity contribution in [1.29, 1.82) is 0 Å². The topological polar surface area (TPSA) is 29.9 Å². The van der Waals surface area contributed by atoms with Crippen molar-refractivity contribution in [2.75, 3.05) is 6.54 Å². The predicted molar refractivity (Wildman–Crippen MR) is 71.3 cm³/mol. The lowest BCUT2D eigenvalue weighted by atomic mass is 10.1. The highest BCUT2D eigenvalue weighted by atomic mass is 15.3. The first-order valence-corrected chi connectivity index (χ1v) is 6.91. The van der Waals surface area contributed by atoms with Crippen LogP contribution in [0.25, 0.3) is 0 Å². The lowest BCUT2D eigenvalue weighted by Crippen LogP contribution is -2.27. The first kappa shape index (κ1) is 12.6. The summed E-state index contributed by atoms with van der Waals surface area (Å²) in [5.41, 5.74) is 3.97. The minimum atomic E-state index is 0.797. The van der Waals surface area contributed by atoms with E-state index < -0.39 is 0 Å². The van der Waals surface area contributed by atoms with Crippen LogP contribution in [0.3, 0.4) is 0 Å². The summed E-state index contributed by atoms with van der Waals surface area (Å²) >= 11 is 0. The summed E-state index contributed by atoms with van der Waals surface area (Å²) in [5.74, 6) is 0. The molecule has 1 N–H and O–H groups in total. The van der Waals surface area contributed by atoms with Crippen LogP contribution >= 0.6 is 0 Å². The van der Waals surface area contributed by atoms with Gasteiger partial charge in [-0.2, -0.15) is 5.10 Å². The van der Waals surface area contributed by atoms with Gasteiger partial charge in [0.05, 0.1) is 5.69 Å². The summed E-state index contributed by atoms with van der Waals surface area (Å²) in [5, 5.41) is 8.13. The van der Waals surface area contributed by atoms with Crippen molar-refractivity contribution >= 4 is 0 Å². The Hall–Kier alpha value is -0.830. The standard InChI is InChI=1S/C14H25N3/c1-11-14(12(2)17(3)16-11)9-6-10-15-13-7-4-5-8-13/h13,15H,4-10H2,1-3H3. The zero-order valence-corrected chi connectivity index (χ0v) is 11.4. The third-order valence-corrected chi connectivity index (χ3v) is 4.05. The fourth-order valence-corrected chi connectivity index (χ4v) is 2.88. The highest BCUT2D eigenvalue weighted by Crippen LogP contribution is 2.18. The molecular weight excluding hydrogens is 210 g/mol. The molecule has 0 saturated heterocycles. The van der Waals surface area contributed by atoms with Crippen LogP contribution < -0.4 is 5.32 Å². The third-order valence-electron chi connectivity index (χ3n) is 4.05. The first-order valence-electron chi connectivity index (χ1n) is 6.91. The average molecular weight is 235 g/mol. The summed E-state index contributed by atoms with van der Waals surface area (Å²) in [7, 11) is 2.03. The highest BCUT2D eigenvalue weighted by Gasteiger charge is 2.14. The number of rotatable bonds is 5. The van der Waals surface area contributed by atoms with E-state index in [2.05, 4.69) is 24.3 Å². The molecule has 0 bridgehead atoms. The SMILES string of the molecule is Cc1nn(C)c(C)c1CCCNC1CCCC1. The number of hydrogen-bond donors (Lipinski definition) is 1. The number of nitrogens with zero attached hydrogens (tertiary/aromatic N) is 2. The maximum Gasteiger partial charge on any atom is 0.0628 e. The molecule has 17 heavy (non-hydrogen) atoms. The van der Waals surface area contributed by atoms with Gasteiger partial charge in [0.1, 0.15) is 0 Å². The number of hydrogen-bond acceptors (Lipinski definition) is 2. The Kier molecular flexibility index (Phi) is 4.21. The maximum atomic E-state index is 4.46. The molecule has 1 heterocycles. The van der Waals surface area contributed by atoms with Gasteiger partial charge >= 0.3 is 0 Å². The van der Waals surface area contributed by atoms with Gasteiger partial charge in [-0.15, -0.1) is 0 Å². The van der Waals surface area contributed by atoms with E-state index in [1.165, 1.54) is 49.1 Å². The molecular formula is C14H25N3. The lowest BCUT2D eigenvalue weighted by Gasteiger charge is -2.11. The van der Waals surface area contributed by atoms with Gasteiger partial charge in [0.15, 0.2) is 0 Å². The molecule has 0 radical (unpaired) electrons. The van der Waals surface area contributed by atoms with Crippen molar-refractivity contribution in [1.82, 2.24) is 15.1 Å². The smallest absolute Gasteiger partial charge is 0.0628 e. The largest absolute Gasteiger partial charge is 0.314 e. The second-order valence-corrected chi connectivity index (χ2v) is 5.31. The summed E-state index contributed by atoms with van der Waals surface area (Å²) in [4.78, 5) is 0. The van der Waals surface area contributed by atoms with Crippen LogP contribution in [-0.2, 0) is 13.5 Å². The van der Waals surface area contributed by atoms with Crippen LogP contribution in [0, 0.1) is 13.8 Å². The van der Waals surface area contributed by atoms with Gasteiger partial charge in [0.25, 0.3) is 0 Å². The number of aromatic nitrogens is 2. The molecule has 2 rings (SSSR count). The van der Waals surface area contributed by atoms with Gasteiger partial charge in [0.2, 0.25) is 0 Å². The molecule has 1 saturated carbocycles. The van der Waals surface area contributed by atoms with E-state index in [0.29, 0.717) is 0 Å². The Morgan fingerprint density at radius 1 is 1.29 bits per heavy atom. The van der Waals surface area contributed by atoms with Crippen molar-refractivity contribution in [3.63, 3.8) is 0 Å². The van der Waals surface area contributed by atoms with Crippen LogP contribution in [0.4, 0.5) is 0 Å². The van der Waals surface area contributed by atoms with Gasteiger partial charge in [0, 0.05) is 18.8 Å². The predicted octanol–water partition coefficient (Wildman–Crippen LogP) is 2.50. The Labute approximate surface area is 105 Å². The lowest BCUT2D eigenvalue weighted by molar-refractivity contribution is 0.515. The van der Waals surface area contributed by atoms with Crippen LogP contribution in [-0.4, -0.2) is 22.4 Å². The summed E-state index contributed by atoms with van der Waals surface area (Å²) < 4.78 is 2.00. The van der Waals surface area contributed by atoms with Gasteiger partial charge in [-0.1, -0.05) is 12.8 Å². The Bertz CT molecular complexity index is 362. The molecule has 1 aromatic rings. The van der Waals surface area contributed by atoms with Crippen molar-refractivity contribution in [2.45, 2.75) is 58.4 Å². The number of nitrogens with one attached hydrogen (secondary N) is 1. The Balaban J connectivity index is 1.74.